The van der Waals surface area contributed by atoms with Crippen molar-refractivity contribution in [1.29, 1.82) is 0 Å². The number of methoxy groups -OCH3 is 1. The minimum Gasteiger partial charge on any atom is -0.469 e. The van der Waals surface area contributed by atoms with Crippen LogP contribution in [0.2, 0.25) is 0 Å². The Morgan fingerprint density at radius 2 is 1.60 bits per heavy atom. The van der Waals surface area contributed by atoms with Gasteiger partial charge in [-0.15, -0.1) is 0 Å². The molecule has 0 heterocycles. The number of allylic oxidation sites excluding steroid dienone is 2. The highest BCUT2D eigenvalue weighted by Gasteiger charge is 1.98. The smallest absolute Gasteiger partial charge is 0.305 e. The molecule has 0 rings (SSSR count). The molecule has 1 unspecified atom stereocenters. The number of esters is 1. The standard InChI is InChI=1S/C18H34O2/c1-4-17(2)15-13-11-9-7-5-6-8-10-12-14-16-18(19)20-3/h5,7,17H,4,6,8-16H2,1-3H3/b7-5-. The zero-order chi connectivity index (χ0) is 15.1. The summed E-state index contributed by atoms with van der Waals surface area (Å²) in [4.78, 5) is 10.9. The largest absolute Gasteiger partial charge is 0.469 e. The molecule has 0 bridgehead atoms. The Hall–Kier alpha value is -0.790. The lowest BCUT2D eigenvalue weighted by Crippen LogP contribution is -1.98. The van der Waals surface area contributed by atoms with E-state index >= 15 is 0 Å². The van der Waals surface area contributed by atoms with E-state index in [0.717, 1.165) is 18.8 Å². The second kappa shape index (κ2) is 14.6. The highest BCUT2D eigenvalue weighted by Crippen LogP contribution is 2.12. The van der Waals surface area contributed by atoms with Gasteiger partial charge in [-0.1, -0.05) is 58.1 Å². The lowest BCUT2D eigenvalue weighted by molar-refractivity contribution is -0.140. The lowest BCUT2D eigenvalue weighted by atomic mass is 10.0. The Labute approximate surface area is 126 Å². The third-order valence-electron chi connectivity index (χ3n) is 3.91. The first-order valence-electron chi connectivity index (χ1n) is 8.42. The molecule has 0 radical (unpaired) electrons. The van der Waals surface area contributed by atoms with E-state index in [-0.39, 0.29) is 5.97 Å². The van der Waals surface area contributed by atoms with Gasteiger partial charge in [0.25, 0.3) is 0 Å². The molecule has 0 saturated heterocycles. The zero-order valence-electron chi connectivity index (χ0n) is 13.8. The first kappa shape index (κ1) is 19.2. The van der Waals surface area contributed by atoms with E-state index < -0.39 is 0 Å². The Bertz CT molecular complexity index is 246. The minimum atomic E-state index is -0.0812. The third-order valence-corrected chi connectivity index (χ3v) is 3.91. The molecule has 0 aromatic carbocycles. The molecule has 0 spiro atoms. The second-order valence-electron chi connectivity index (χ2n) is 5.80. The topological polar surface area (TPSA) is 26.3 Å². The van der Waals surface area contributed by atoms with Crippen molar-refractivity contribution in [2.75, 3.05) is 7.11 Å². The molecular formula is C18H34O2. The summed E-state index contributed by atoms with van der Waals surface area (Å²) < 4.78 is 4.61. The van der Waals surface area contributed by atoms with Gasteiger partial charge in [0.05, 0.1) is 7.11 Å². The van der Waals surface area contributed by atoms with Crippen molar-refractivity contribution in [3.8, 4) is 0 Å². The fraction of sp³-hybridized carbons (Fsp3) is 0.833. The van der Waals surface area contributed by atoms with Crippen LogP contribution < -0.4 is 0 Å². The summed E-state index contributed by atoms with van der Waals surface area (Å²) in [6.07, 6.45) is 17.6. The van der Waals surface area contributed by atoms with Crippen LogP contribution in [0.3, 0.4) is 0 Å². The van der Waals surface area contributed by atoms with Crippen LogP contribution in [-0.2, 0) is 9.53 Å². The molecule has 0 aromatic rings. The van der Waals surface area contributed by atoms with Gasteiger partial charge in [0.2, 0.25) is 0 Å². The molecule has 0 amide bonds. The van der Waals surface area contributed by atoms with Crippen molar-refractivity contribution in [2.24, 2.45) is 5.92 Å². The van der Waals surface area contributed by atoms with Gasteiger partial charge in [0.1, 0.15) is 0 Å². The first-order chi connectivity index (χ1) is 9.70. The van der Waals surface area contributed by atoms with Crippen LogP contribution in [-0.4, -0.2) is 13.1 Å². The normalized spacial score (nSPS) is 12.8. The van der Waals surface area contributed by atoms with Gasteiger partial charge in [-0.3, -0.25) is 4.79 Å². The Kier molecular flexibility index (Phi) is 14.0. The SMILES string of the molecule is CCC(C)CCCC/C=C\CCCCCCC(=O)OC. The summed E-state index contributed by atoms with van der Waals surface area (Å²) in [5.41, 5.74) is 0. The van der Waals surface area contributed by atoms with Crippen LogP contribution in [0.1, 0.15) is 84.5 Å². The van der Waals surface area contributed by atoms with Crippen LogP contribution >= 0.6 is 0 Å². The Balaban J connectivity index is 3.18. The molecule has 0 aliphatic heterocycles. The molecule has 0 N–H and O–H groups in total. The summed E-state index contributed by atoms with van der Waals surface area (Å²) in [5.74, 6) is 0.811. The maximum absolute atomic E-state index is 10.9. The molecule has 0 aliphatic carbocycles. The van der Waals surface area contributed by atoms with E-state index in [4.69, 9.17) is 0 Å². The van der Waals surface area contributed by atoms with Crippen LogP contribution in [0.25, 0.3) is 0 Å². The molecule has 2 nitrogen and oxygen atoms in total. The van der Waals surface area contributed by atoms with Crippen molar-refractivity contribution in [1.82, 2.24) is 0 Å². The number of unbranched alkanes of at least 4 members (excludes halogenated alkanes) is 6. The van der Waals surface area contributed by atoms with Gasteiger partial charge in [-0.25, -0.2) is 0 Å². The van der Waals surface area contributed by atoms with E-state index in [1.54, 1.807) is 0 Å². The van der Waals surface area contributed by atoms with E-state index in [9.17, 15) is 4.79 Å². The van der Waals surface area contributed by atoms with Crippen molar-refractivity contribution < 1.29 is 9.53 Å². The summed E-state index contributed by atoms with van der Waals surface area (Å²) in [5, 5.41) is 0. The van der Waals surface area contributed by atoms with Gasteiger partial charge >= 0.3 is 5.97 Å². The molecule has 0 saturated carbocycles. The van der Waals surface area contributed by atoms with Crippen LogP contribution in [0.5, 0.6) is 0 Å². The second-order valence-corrected chi connectivity index (χ2v) is 5.80. The summed E-state index contributed by atoms with van der Waals surface area (Å²) in [6, 6.07) is 0. The number of ether oxygens (including phenoxy) is 1. The number of hydrogen-bond acceptors (Lipinski definition) is 2. The molecule has 20 heavy (non-hydrogen) atoms. The monoisotopic (exact) mass is 282 g/mol. The predicted octanol–water partition coefficient (Wildman–Crippen LogP) is 5.66. The van der Waals surface area contributed by atoms with E-state index in [1.165, 1.54) is 58.5 Å². The average Bonchev–Trinajstić information content (AvgIpc) is 2.47. The van der Waals surface area contributed by atoms with Crippen molar-refractivity contribution in [2.45, 2.75) is 84.5 Å². The quantitative estimate of drug-likeness (QED) is 0.247. The summed E-state index contributed by atoms with van der Waals surface area (Å²) in [6.45, 7) is 4.62. The maximum Gasteiger partial charge on any atom is 0.305 e. The highest BCUT2D eigenvalue weighted by atomic mass is 16.5. The van der Waals surface area contributed by atoms with Gasteiger partial charge in [0.15, 0.2) is 0 Å². The highest BCUT2D eigenvalue weighted by molar-refractivity contribution is 5.68. The van der Waals surface area contributed by atoms with Crippen LogP contribution in [0.4, 0.5) is 0 Å². The molecule has 118 valence electrons. The van der Waals surface area contributed by atoms with E-state index in [0.29, 0.717) is 6.42 Å². The van der Waals surface area contributed by atoms with Crippen molar-refractivity contribution >= 4 is 5.97 Å². The zero-order valence-corrected chi connectivity index (χ0v) is 13.8. The van der Waals surface area contributed by atoms with Gasteiger partial charge in [0, 0.05) is 6.42 Å². The minimum absolute atomic E-state index is 0.0812. The van der Waals surface area contributed by atoms with E-state index in [1.807, 2.05) is 0 Å². The van der Waals surface area contributed by atoms with Crippen molar-refractivity contribution in [3.05, 3.63) is 12.2 Å². The van der Waals surface area contributed by atoms with Gasteiger partial charge in [-0.05, 0) is 38.0 Å². The molecule has 0 fully saturated rings. The summed E-state index contributed by atoms with van der Waals surface area (Å²) in [7, 11) is 1.45. The van der Waals surface area contributed by atoms with Crippen LogP contribution in [0.15, 0.2) is 12.2 Å². The van der Waals surface area contributed by atoms with Gasteiger partial charge in [-0.2, -0.15) is 0 Å². The molecule has 1 atom stereocenters. The first-order valence-corrected chi connectivity index (χ1v) is 8.42. The number of carbonyl (C=O) groups excluding carboxylic acids is 1. The summed E-state index contributed by atoms with van der Waals surface area (Å²) >= 11 is 0. The Morgan fingerprint density at radius 1 is 1.00 bits per heavy atom. The van der Waals surface area contributed by atoms with E-state index in [2.05, 4.69) is 30.7 Å². The fourth-order valence-electron chi connectivity index (χ4n) is 2.18. The molecule has 0 aromatic heterocycles. The fourth-order valence-corrected chi connectivity index (χ4v) is 2.18. The third kappa shape index (κ3) is 13.6. The van der Waals surface area contributed by atoms with Crippen molar-refractivity contribution in [3.63, 3.8) is 0 Å². The maximum atomic E-state index is 10.9. The van der Waals surface area contributed by atoms with Gasteiger partial charge < -0.3 is 4.74 Å². The molecule has 0 aliphatic rings. The predicted molar refractivity (Wildman–Crippen MR) is 86.8 cm³/mol. The number of hydrogen-bond donors (Lipinski definition) is 0. The Morgan fingerprint density at radius 3 is 2.20 bits per heavy atom. The van der Waals surface area contributed by atoms with Crippen LogP contribution in [0, 0.1) is 5.92 Å². The molecular weight excluding hydrogens is 248 g/mol. The number of rotatable bonds is 13. The average molecular weight is 282 g/mol. The number of carbonyl (C=O) groups is 1. The molecule has 2 heteroatoms. The lowest BCUT2D eigenvalue weighted by Gasteiger charge is -2.06.